The Labute approximate surface area is 294 Å². The molecule has 6 N–H and O–H groups in total. The molecule has 0 unspecified atom stereocenters. The van der Waals surface area contributed by atoms with Crippen LogP contribution in [0.15, 0.2) is 73.1 Å². The van der Waals surface area contributed by atoms with Gasteiger partial charge in [-0.2, -0.15) is 10.2 Å². The van der Waals surface area contributed by atoms with E-state index in [1.54, 1.807) is 62.5 Å². The lowest BCUT2D eigenvalue weighted by molar-refractivity contribution is 0.0527. The highest BCUT2D eigenvalue weighted by molar-refractivity contribution is 6.12. The fourth-order valence-electron chi connectivity index (χ4n) is 5.16. The van der Waals surface area contributed by atoms with Crippen molar-refractivity contribution in [2.75, 3.05) is 32.2 Å². The smallest absolute Gasteiger partial charge is 0.343 e. The first-order valence-corrected chi connectivity index (χ1v) is 16.2. The molecule has 2 amide bonds. The number of amides is 2. The average molecular weight is 693 g/mol. The number of ketones is 1. The van der Waals surface area contributed by atoms with E-state index in [0.29, 0.717) is 33.8 Å². The normalized spacial score (nSPS) is 11.9. The van der Waals surface area contributed by atoms with Gasteiger partial charge in [-0.15, -0.1) is 0 Å². The molecular weight excluding hydrogens is 652 g/mol. The molecule has 1 aliphatic rings. The van der Waals surface area contributed by atoms with Gasteiger partial charge in [-0.05, 0) is 81.1 Å². The Morgan fingerprint density at radius 2 is 1.37 bits per heavy atom. The molecule has 1 aliphatic carbocycles. The Kier molecular flexibility index (Phi) is 10.8. The predicted molar refractivity (Wildman–Crippen MR) is 192 cm³/mol. The topological polar surface area (TPSA) is 198 Å². The molecule has 264 valence electrons. The zero-order chi connectivity index (χ0) is 36.8. The maximum atomic E-state index is 12.8. The first-order valence-electron chi connectivity index (χ1n) is 16.2. The number of nitrogen functional groups attached to an aromatic ring is 2. The Balaban J connectivity index is 0.000000199. The summed E-state index contributed by atoms with van der Waals surface area (Å²) in [6.07, 6.45) is 4.87. The van der Waals surface area contributed by atoms with Crippen LogP contribution in [0.4, 0.5) is 11.6 Å². The van der Waals surface area contributed by atoms with Gasteiger partial charge in [0, 0.05) is 29.8 Å². The number of benzene rings is 3. The largest absolute Gasteiger partial charge is 0.497 e. The van der Waals surface area contributed by atoms with E-state index in [1.807, 2.05) is 26.0 Å². The number of aromatic nitrogens is 4. The third-order valence-corrected chi connectivity index (χ3v) is 8.22. The van der Waals surface area contributed by atoms with Crippen molar-refractivity contribution in [2.24, 2.45) is 0 Å². The lowest BCUT2D eigenvalue weighted by atomic mass is 10.1. The first kappa shape index (κ1) is 35.9. The molecule has 1 saturated carbocycles. The van der Waals surface area contributed by atoms with Crippen molar-refractivity contribution in [1.82, 2.24) is 30.2 Å². The number of nitrogens with one attached hydrogen (secondary N) is 2. The van der Waals surface area contributed by atoms with Gasteiger partial charge in [-0.25, -0.2) is 14.2 Å². The van der Waals surface area contributed by atoms with Gasteiger partial charge >= 0.3 is 5.97 Å². The summed E-state index contributed by atoms with van der Waals surface area (Å²) in [7, 11) is 3.10. The second kappa shape index (κ2) is 15.4. The van der Waals surface area contributed by atoms with Crippen LogP contribution in [0.3, 0.4) is 0 Å². The van der Waals surface area contributed by atoms with Gasteiger partial charge in [0.1, 0.15) is 22.9 Å². The highest BCUT2D eigenvalue weighted by atomic mass is 16.5. The number of hydrogen-bond donors (Lipinski definition) is 4. The van der Waals surface area contributed by atoms with Crippen LogP contribution < -0.4 is 26.8 Å². The molecule has 14 heteroatoms. The SMILES string of the molecule is CCOC(=O)c1cnn(-c2cc(C(=O)NC3CC3)ccc2C)c1N.CNC(=O)c1ccc(C)c(-n2ncc(C(=O)c3cccc(OC)c3)c2N)c1. The summed E-state index contributed by atoms with van der Waals surface area (Å²) in [6.45, 7) is 5.76. The van der Waals surface area contributed by atoms with E-state index in [1.165, 1.54) is 28.9 Å². The van der Waals surface area contributed by atoms with Crippen LogP contribution in [-0.4, -0.2) is 69.9 Å². The minimum Gasteiger partial charge on any atom is -0.497 e. The first-order chi connectivity index (χ1) is 24.5. The molecule has 1 fully saturated rings. The molecule has 6 rings (SSSR count). The summed E-state index contributed by atoms with van der Waals surface area (Å²) < 4.78 is 13.1. The molecule has 3 aromatic carbocycles. The predicted octanol–water partition coefficient (Wildman–Crippen LogP) is 4.19. The van der Waals surface area contributed by atoms with Crippen molar-refractivity contribution < 1.29 is 28.7 Å². The molecule has 2 aromatic heterocycles. The summed E-state index contributed by atoms with van der Waals surface area (Å²) in [4.78, 5) is 48.9. The number of ether oxygens (including phenoxy) is 2. The van der Waals surface area contributed by atoms with Crippen molar-refractivity contribution in [2.45, 2.75) is 39.7 Å². The third-order valence-electron chi connectivity index (χ3n) is 8.22. The number of anilines is 2. The Morgan fingerprint density at radius 1 is 0.804 bits per heavy atom. The molecule has 2 heterocycles. The van der Waals surface area contributed by atoms with E-state index < -0.39 is 5.97 Å². The Morgan fingerprint density at radius 3 is 1.92 bits per heavy atom. The molecule has 14 nitrogen and oxygen atoms in total. The lowest BCUT2D eigenvalue weighted by Crippen LogP contribution is -2.25. The molecule has 0 aliphatic heterocycles. The van der Waals surface area contributed by atoms with Crippen molar-refractivity contribution in [3.63, 3.8) is 0 Å². The zero-order valence-electron chi connectivity index (χ0n) is 29.0. The number of aryl methyl sites for hydroxylation is 2. The maximum Gasteiger partial charge on any atom is 0.343 e. The molecule has 0 bridgehead atoms. The number of methoxy groups -OCH3 is 1. The maximum absolute atomic E-state index is 12.8. The van der Waals surface area contributed by atoms with Crippen LogP contribution in [0.1, 0.15) is 77.9 Å². The molecule has 0 saturated heterocycles. The molecule has 0 atom stereocenters. The van der Waals surface area contributed by atoms with Gasteiger partial charge in [0.15, 0.2) is 5.78 Å². The molecule has 0 spiro atoms. The molecule has 5 aromatic rings. The Hall–Kier alpha value is -6.44. The summed E-state index contributed by atoms with van der Waals surface area (Å²) in [6, 6.07) is 17.7. The van der Waals surface area contributed by atoms with Crippen LogP contribution in [-0.2, 0) is 4.74 Å². The number of carbonyl (C=O) groups is 4. The summed E-state index contributed by atoms with van der Waals surface area (Å²) in [5, 5.41) is 14.0. The van der Waals surface area contributed by atoms with Gasteiger partial charge in [-0.3, -0.25) is 14.4 Å². The van der Waals surface area contributed by atoms with Crippen LogP contribution in [0.5, 0.6) is 5.75 Å². The number of esters is 1. The Bertz CT molecular complexity index is 2110. The monoisotopic (exact) mass is 692 g/mol. The number of nitrogens with two attached hydrogens (primary N) is 2. The van der Waals surface area contributed by atoms with Crippen molar-refractivity contribution >= 4 is 35.2 Å². The van der Waals surface area contributed by atoms with Crippen molar-refractivity contribution in [3.05, 3.63) is 112 Å². The van der Waals surface area contributed by atoms with Gasteiger partial charge < -0.3 is 31.6 Å². The van der Waals surface area contributed by atoms with E-state index in [2.05, 4.69) is 20.8 Å². The summed E-state index contributed by atoms with van der Waals surface area (Å²) >= 11 is 0. The van der Waals surface area contributed by atoms with Crippen molar-refractivity contribution in [1.29, 1.82) is 0 Å². The van der Waals surface area contributed by atoms with E-state index in [4.69, 9.17) is 20.9 Å². The van der Waals surface area contributed by atoms with Crippen LogP contribution >= 0.6 is 0 Å². The number of nitrogens with zero attached hydrogens (tertiary/aromatic N) is 4. The van der Waals surface area contributed by atoms with Gasteiger partial charge in [0.05, 0.1) is 43.0 Å². The quantitative estimate of drug-likeness (QED) is 0.122. The van der Waals surface area contributed by atoms with E-state index >= 15 is 0 Å². The van der Waals surface area contributed by atoms with Crippen molar-refractivity contribution in [3.8, 4) is 17.1 Å². The summed E-state index contributed by atoms with van der Waals surface area (Å²) in [5.74, 6) is -0.110. The minimum atomic E-state index is -0.512. The van der Waals surface area contributed by atoms with Crippen LogP contribution in [0.2, 0.25) is 0 Å². The van der Waals surface area contributed by atoms with Gasteiger partial charge in [0.25, 0.3) is 11.8 Å². The standard InChI is InChI=1S/C20H20N4O3.C17H20N4O3/c1-12-7-8-14(20(26)22-2)10-17(12)24-19(21)16(11-23-24)18(25)13-5-4-6-15(9-13)27-3;1-3-24-17(23)13-9-19-21(15(13)18)14-8-11(5-4-10(14)2)16(22)20-12-6-7-12/h4-11H,21H2,1-3H3,(H,22,26);4-5,8-9,12H,3,6-7,18H2,1-2H3,(H,20,22). The zero-order valence-corrected chi connectivity index (χ0v) is 29.0. The minimum absolute atomic E-state index is 0.116. The number of hydrogen-bond acceptors (Lipinski definition) is 10. The molecule has 0 radical (unpaired) electrons. The second-order valence-corrected chi connectivity index (χ2v) is 11.8. The van der Waals surface area contributed by atoms with E-state index in [9.17, 15) is 19.2 Å². The molecule has 51 heavy (non-hydrogen) atoms. The fourth-order valence-corrected chi connectivity index (χ4v) is 5.16. The number of rotatable bonds is 10. The molecular formula is C37H40N8O6. The highest BCUT2D eigenvalue weighted by Gasteiger charge is 2.25. The lowest BCUT2D eigenvalue weighted by Gasteiger charge is -2.11. The average Bonchev–Trinajstić information content (AvgIpc) is 3.75. The number of carbonyl (C=O) groups excluding carboxylic acids is 4. The van der Waals surface area contributed by atoms with Crippen LogP contribution in [0.25, 0.3) is 11.4 Å². The van der Waals surface area contributed by atoms with Gasteiger partial charge in [0.2, 0.25) is 0 Å². The van der Waals surface area contributed by atoms with E-state index in [0.717, 1.165) is 24.0 Å². The van der Waals surface area contributed by atoms with Crippen LogP contribution in [0, 0.1) is 13.8 Å². The van der Waals surface area contributed by atoms with E-state index in [-0.39, 0.29) is 53.0 Å². The fraction of sp³-hybridized carbons (Fsp3) is 0.243. The van der Waals surface area contributed by atoms with Gasteiger partial charge in [-0.1, -0.05) is 24.3 Å². The summed E-state index contributed by atoms with van der Waals surface area (Å²) in [5.41, 5.74) is 17.3. The second-order valence-electron chi connectivity index (χ2n) is 11.8. The third kappa shape index (κ3) is 7.90. The highest BCUT2D eigenvalue weighted by Crippen LogP contribution is 2.26.